The van der Waals surface area contributed by atoms with E-state index in [9.17, 15) is 18.8 Å². The number of piperazine rings is 1. The third-order valence-electron chi connectivity index (χ3n) is 6.72. The molecule has 2 aromatic carbocycles. The van der Waals surface area contributed by atoms with Gasteiger partial charge in [0.05, 0.1) is 0 Å². The first-order valence-corrected chi connectivity index (χ1v) is 11.5. The topological polar surface area (TPSA) is 73.0 Å². The molecule has 2 aliphatic heterocycles. The summed E-state index contributed by atoms with van der Waals surface area (Å²) < 4.78 is 13.2. The van der Waals surface area contributed by atoms with Crippen LogP contribution in [0.2, 0.25) is 0 Å². The monoisotopic (exact) mass is 466 g/mol. The summed E-state index contributed by atoms with van der Waals surface area (Å²) in [5.74, 6) is -0.989. The second kappa shape index (κ2) is 8.74. The van der Waals surface area contributed by atoms with E-state index in [1.54, 1.807) is 24.0 Å². The molecule has 2 aliphatic rings. The fourth-order valence-electron chi connectivity index (χ4n) is 4.44. The molecule has 1 unspecified atom stereocenters. The Bertz CT molecular complexity index is 1090. The highest BCUT2D eigenvalue weighted by Gasteiger charge is 2.49. The molecule has 4 rings (SSSR count). The van der Waals surface area contributed by atoms with Crippen LogP contribution >= 0.6 is 0 Å². The fraction of sp³-hybridized carbons (Fsp3) is 0.423. The Morgan fingerprint density at radius 2 is 1.56 bits per heavy atom. The van der Waals surface area contributed by atoms with E-state index in [4.69, 9.17) is 0 Å². The van der Waals surface area contributed by atoms with E-state index < -0.39 is 17.5 Å². The highest BCUT2D eigenvalue weighted by molar-refractivity contribution is 6.09. The summed E-state index contributed by atoms with van der Waals surface area (Å²) in [5.41, 5.74) is 1.47. The van der Waals surface area contributed by atoms with Crippen LogP contribution in [0.15, 0.2) is 48.5 Å². The predicted octanol–water partition coefficient (Wildman–Crippen LogP) is 3.24. The molecule has 1 atom stereocenters. The van der Waals surface area contributed by atoms with Gasteiger partial charge in [-0.15, -0.1) is 0 Å². The molecule has 2 heterocycles. The van der Waals surface area contributed by atoms with Gasteiger partial charge in [0.15, 0.2) is 0 Å². The maximum absolute atomic E-state index is 13.2. The van der Waals surface area contributed by atoms with Gasteiger partial charge in [-0.25, -0.2) is 9.18 Å². The van der Waals surface area contributed by atoms with Crippen molar-refractivity contribution in [2.75, 3.05) is 37.6 Å². The lowest BCUT2D eigenvalue weighted by Crippen LogP contribution is -2.52. The van der Waals surface area contributed by atoms with Crippen LogP contribution in [0.1, 0.15) is 38.8 Å². The molecule has 0 aliphatic carbocycles. The first-order chi connectivity index (χ1) is 16.0. The maximum Gasteiger partial charge on any atom is 0.325 e. The van der Waals surface area contributed by atoms with Gasteiger partial charge in [-0.2, -0.15) is 0 Å². The largest absolute Gasteiger partial charge is 0.368 e. The number of rotatable bonds is 4. The molecule has 2 aromatic rings. The van der Waals surface area contributed by atoms with E-state index in [0.717, 1.165) is 16.2 Å². The predicted molar refractivity (Wildman–Crippen MR) is 128 cm³/mol. The Morgan fingerprint density at radius 3 is 2.12 bits per heavy atom. The average molecular weight is 467 g/mol. The van der Waals surface area contributed by atoms with Crippen LogP contribution < -0.4 is 10.2 Å². The third kappa shape index (κ3) is 4.49. The number of urea groups is 1. The standard InChI is InChI=1S/C26H31FN4O3/c1-25(2,3)18-5-7-19(8-6-18)26(4)23(33)31(24(34)28-26)17-22(32)30-15-13-29(14-16-30)21-11-9-20(27)10-12-21/h5-12H,13-17H2,1-4H3,(H,28,34). The number of imide groups is 1. The van der Waals surface area contributed by atoms with E-state index in [0.29, 0.717) is 31.7 Å². The number of amides is 4. The first-order valence-electron chi connectivity index (χ1n) is 11.5. The number of carbonyl (C=O) groups excluding carboxylic acids is 3. The number of hydrogen-bond donors (Lipinski definition) is 1. The molecule has 0 radical (unpaired) electrons. The van der Waals surface area contributed by atoms with Gasteiger partial charge in [0, 0.05) is 31.9 Å². The van der Waals surface area contributed by atoms with Crippen molar-refractivity contribution in [1.82, 2.24) is 15.1 Å². The summed E-state index contributed by atoms with van der Waals surface area (Å²) in [5, 5.41) is 2.77. The Morgan fingerprint density at radius 1 is 0.971 bits per heavy atom. The lowest BCUT2D eigenvalue weighted by molar-refractivity contribution is -0.139. The molecule has 2 saturated heterocycles. The van der Waals surface area contributed by atoms with Gasteiger partial charge in [-0.1, -0.05) is 45.0 Å². The molecule has 0 saturated carbocycles. The van der Waals surface area contributed by atoms with E-state index in [2.05, 4.69) is 31.0 Å². The van der Waals surface area contributed by atoms with Crippen LogP contribution in [-0.4, -0.2) is 60.4 Å². The summed E-state index contributed by atoms with van der Waals surface area (Å²) in [7, 11) is 0. The minimum absolute atomic E-state index is 0.0262. The molecule has 0 aromatic heterocycles. The van der Waals surface area contributed by atoms with Gasteiger partial charge in [-0.3, -0.25) is 14.5 Å². The first kappa shape index (κ1) is 23.7. The molecule has 1 N–H and O–H groups in total. The summed E-state index contributed by atoms with van der Waals surface area (Å²) in [6, 6.07) is 13.4. The lowest BCUT2D eigenvalue weighted by atomic mass is 9.84. The Labute approximate surface area is 199 Å². The Balaban J connectivity index is 1.39. The second-order valence-corrected chi connectivity index (χ2v) is 10.1. The van der Waals surface area contributed by atoms with E-state index >= 15 is 0 Å². The SMILES string of the molecule is CC(C)(C)c1ccc(C2(C)NC(=O)N(CC(=O)N3CCN(c4ccc(F)cc4)CC3)C2=O)cc1. The summed E-state index contributed by atoms with van der Waals surface area (Å²) in [6.45, 7) is 9.82. The van der Waals surface area contributed by atoms with Crippen LogP contribution in [-0.2, 0) is 20.5 Å². The smallest absolute Gasteiger partial charge is 0.325 e. The number of carbonyl (C=O) groups is 3. The van der Waals surface area contributed by atoms with Crippen molar-refractivity contribution < 1.29 is 18.8 Å². The molecule has 34 heavy (non-hydrogen) atoms. The van der Waals surface area contributed by atoms with Crippen molar-refractivity contribution in [1.29, 1.82) is 0 Å². The minimum Gasteiger partial charge on any atom is -0.368 e. The van der Waals surface area contributed by atoms with Crippen LogP contribution in [0.4, 0.5) is 14.9 Å². The van der Waals surface area contributed by atoms with E-state index in [1.807, 2.05) is 24.3 Å². The molecular formula is C26H31FN4O3. The number of hydrogen-bond acceptors (Lipinski definition) is 4. The van der Waals surface area contributed by atoms with Crippen molar-refractivity contribution in [3.63, 3.8) is 0 Å². The third-order valence-corrected chi connectivity index (χ3v) is 6.72. The zero-order valence-electron chi connectivity index (χ0n) is 20.1. The molecule has 0 spiro atoms. The van der Waals surface area contributed by atoms with Gasteiger partial charge in [0.1, 0.15) is 17.9 Å². The number of anilines is 1. The van der Waals surface area contributed by atoms with Gasteiger partial charge in [-0.05, 0) is 47.7 Å². The zero-order chi connectivity index (χ0) is 24.7. The zero-order valence-corrected chi connectivity index (χ0v) is 20.1. The summed E-state index contributed by atoms with van der Waals surface area (Å²) in [6.07, 6.45) is 0. The number of nitrogens with one attached hydrogen (secondary N) is 1. The van der Waals surface area contributed by atoms with Crippen LogP contribution in [0.3, 0.4) is 0 Å². The van der Waals surface area contributed by atoms with Crippen LogP contribution in [0.25, 0.3) is 0 Å². The fourth-order valence-corrected chi connectivity index (χ4v) is 4.44. The molecular weight excluding hydrogens is 435 g/mol. The number of halogens is 1. The maximum atomic E-state index is 13.2. The second-order valence-electron chi connectivity index (χ2n) is 10.1. The van der Waals surface area contributed by atoms with Crippen molar-refractivity contribution in [2.45, 2.75) is 38.6 Å². The van der Waals surface area contributed by atoms with Crippen molar-refractivity contribution in [3.8, 4) is 0 Å². The normalized spacial score (nSPS) is 21.1. The molecule has 7 nitrogen and oxygen atoms in total. The summed E-state index contributed by atoms with van der Waals surface area (Å²) >= 11 is 0. The van der Waals surface area contributed by atoms with Crippen LogP contribution in [0.5, 0.6) is 0 Å². The van der Waals surface area contributed by atoms with E-state index in [1.165, 1.54) is 12.1 Å². The highest BCUT2D eigenvalue weighted by Crippen LogP contribution is 2.31. The van der Waals surface area contributed by atoms with E-state index in [-0.39, 0.29) is 23.7 Å². The van der Waals surface area contributed by atoms with Crippen molar-refractivity contribution in [2.24, 2.45) is 0 Å². The number of benzene rings is 2. The Hall–Kier alpha value is -3.42. The molecule has 180 valence electrons. The molecule has 8 heteroatoms. The van der Waals surface area contributed by atoms with Gasteiger partial charge < -0.3 is 15.1 Å². The Kier molecular flexibility index (Phi) is 6.10. The van der Waals surface area contributed by atoms with Gasteiger partial charge in [0.2, 0.25) is 5.91 Å². The van der Waals surface area contributed by atoms with Crippen molar-refractivity contribution >= 4 is 23.5 Å². The molecule has 0 bridgehead atoms. The molecule has 4 amide bonds. The van der Waals surface area contributed by atoms with Crippen LogP contribution in [0, 0.1) is 5.82 Å². The minimum atomic E-state index is -1.21. The summed E-state index contributed by atoms with van der Waals surface area (Å²) in [4.78, 5) is 43.6. The lowest BCUT2D eigenvalue weighted by Gasteiger charge is -2.36. The quantitative estimate of drug-likeness (QED) is 0.703. The number of nitrogens with zero attached hydrogens (tertiary/aromatic N) is 3. The van der Waals surface area contributed by atoms with Gasteiger partial charge in [0.25, 0.3) is 5.91 Å². The van der Waals surface area contributed by atoms with Crippen molar-refractivity contribution in [3.05, 3.63) is 65.5 Å². The van der Waals surface area contributed by atoms with Gasteiger partial charge >= 0.3 is 6.03 Å². The highest BCUT2D eigenvalue weighted by atomic mass is 19.1. The average Bonchev–Trinajstić information content (AvgIpc) is 3.03. The molecule has 2 fully saturated rings.